The molecule has 1 unspecified atom stereocenters. The normalized spacial score (nSPS) is 12.9. The van der Waals surface area contributed by atoms with E-state index in [1.807, 2.05) is 0 Å². The van der Waals surface area contributed by atoms with Crippen LogP contribution < -0.4 is 0 Å². The summed E-state index contributed by atoms with van der Waals surface area (Å²) in [5.41, 5.74) is 0.465. The molecule has 1 rings (SSSR count). The molecule has 0 radical (unpaired) electrons. The van der Waals surface area contributed by atoms with Gasteiger partial charge in [-0.2, -0.15) is 0 Å². The van der Waals surface area contributed by atoms with Crippen molar-refractivity contribution in [2.75, 3.05) is 7.11 Å². The highest BCUT2D eigenvalue weighted by molar-refractivity contribution is 5.17. The highest BCUT2D eigenvalue weighted by atomic mass is 19.1. The van der Waals surface area contributed by atoms with Gasteiger partial charge in [0.05, 0.1) is 0 Å². The highest BCUT2D eigenvalue weighted by Crippen LogP contribution is 2.08. The van der Waals surface area contributed by atoms with Crippen molar-refractivity contribution < 1.29 is 14.2 Å². The summed E-state index contributed by atoms with van der Waals surface area (Å²) in [5, 5.41) is 9.05. The molecule has 3 heteroatoms. The van der Waals surface area contributed by atoms with Crippen molar-refractivity contribution in [2.45, 2.75) is 12.7 Å². The van der Waals surface area contributed by atoms with E-state index in [4.69, 9.17) is 5.11 Å². The average Bonchev–Trinajstić information content (AvgIpc) is 2.09. The van der Waals surface area contributed by atoms with Crippen LogP contribution in [0, 0.1) is 5.82 Å². The fraction of sp³-hybridized carbons (Fsp3) is 0.333. The summed E-state index contributed by atoms with van der Waals surface area (Å²) in [6, 6.07) is 6.31. The molecule has 66 valence electrons. The Labute approximate surface area is 70.6 Å². The third-order valence-corrected chi connectivity index (χ3v) is 1.62. The second kappa shape index (κ2) is 4.18. The molecule has 0 saturated heterocycles. The molecule has 0 spiro atoms. The van der Waals surface area contributed by atoms with Gasteiger partial charge in [-0.25, -0.2) is 4.39 Å². The first-order valence-electron chi connectivity index (χ1n) is 3.68. The molecule has 0 aromatic heterocycles. The lowest BCUT2D eigenvalue weighted by Gasteiger charge is -2.08. The molecule has 0 aliphatic heterocycles. The SMILES string of the molecule is COC(O)Cc1ccccc1F. The Balaban J connectivity index is 2.69. The summed E-state index contributed by atoms with van der Waals surface area (Å²) in [4.78, 5) is 0. The number of hydrogen-bond donors (Lipinski definition) is 1. The second-order valence-electron chi connectivity index (χ2n) is 2.49. The third kappa shape index (κ3) is 2.29. The van der Waals surface area contributed by atoms with Gasteiger partial charge in [-0.3, -0.25) is 0 Å². The zero-order valence-corrected chi connectivity index (χ0v) is 6.83. The lowest BCUT2D eigenvalue weighted by Crippen LogP contribution is -2.13. The number of rotatable bonds is 3. The minimum Gasteiger partial charge on any atom is -0.368 e. The summed E-state index contributed by atoms with van der Waals surface area (Å²) < 4.78 is 17.5. The average molecular weight is 170 g/mol. The quantitative estimate of drug-likeness (QED) is 0.693. The maximum Gasteiger partial charge on any atom is 0.158 e. The molecule has 0 bridgehead atoms. The van der Waals surface area contributed by atoms with E-state index in [1.54, 1.807) is 18.2 Å². The van der Waals surface area contributed by atoms with Crippen LogP contribution in [0.4, 0.5) is 4.39 Å². The van der Waals surface area contributed by atoms with Crippen LogP contribution in [0.3, 0.4) is 0 Å². The molecule has 12 heavy (non-hydrogen) atoms. The Morgan fingerprint density at radius 1 is 1.50 bits per heavy atom. The number of hydrogen-bond acceptors (Lipinski definition) is 2. The highest BCUT2D eigenvalue weighted by Gasteiger charge is 2.06. The lowest BCUT2D eigenvalue weighted by atomic mass is 10.1. The molecule has 1 aromatic rings. The van der Waals surface area contributed by atoms with Crippen molar-refractivity contribution in [2.24, 2.45) is 0 Å². The van der Waals surface area contributed by atoms with E-state index in [0.29, 0.717) is 5.56 Å². The topological polar surface area (TPSA) is 29.5 Å². The summed E-state index contributed by atoms with van der Waals surface area (Å²) in [6.45, 7) is 0. The van der Waals surface area contributed by atoms with E-state index < -0.39 is 6.29 Å². The van der Waals surface area contributed by atoms with Gasteiger partial charge < -0.3 is 9.84 Å². The van der Waals surface area contributed by atoms with Crippen LogP contribution in [0.25, 0.3) is 0 Å². The molecule has 0 aliphatic rings. The minimum atomic E-state index is -0.929. The van der Waals surface area contributed by atoms with Crippen molar-refractivity contribution in [3.8, 4) is 0 Å². The molecule has 0 aliphatic carbocycles. The number of aliphatic hydroxyl groups is 1. The molecule has 0 fully saturated rings. The maximum atomic E-state index is 12.9. The van der Waals surface area contributed by atoms with Gasteiger partial charge in [0.2, 0.25) is 0 Å². The predicted molar refractivity (Wildman–Crippen MR) is 43.1 cm³/mol. The van der Waals surface area contributed by atoms with E-state index in [9.17, 15) is 4.39 Å². The van der Waals surface area contributed by atoms with E-state index >= 15 is 0 Å². The first-order valence-corrected chi connectivity index (χ1v) is 3.68. The van der Waals surface area contributed by atoms with Gasteiger partial charge in [0.15, 0.2) is 6.29 Å². The summed E-state index contributed by atoms with van der Waals surface area (Å²) >= 11 is 0. The van der Waals surface area contributed by atoms with E-state index in [2.05, 4.69) is 4.74 Å². The van der Waals surface area contributed by atoms with Gasteiger partial charge in [0, 0.05) is 13.5 Å². The fourth-order valence-corrected chi connectivity index (χ4v) is 0.935. The van der Waals surface area contributed by atoms with Crippen LogP contribution >= 0.6 is 0 Å². The van der Waals surface area contributed by atoms with Gasteiger partial charge in [-0.15, -0.1) is 0 Å². The van der Waals surface area contributed by atoms with Gasteiger partial charge >= 0.3 is 0 Å². The number of aliphatic hydroxyl groups excluding tert-OH is 1. The Morgan fingerprint density at radius 3 is 2.75 bits per heavy atom. The smallest absolute Gasteiger partial charge is 0.158 e. The standard InChI is InChI=1S/C9H11FO2/c1-12-9(11)6-7-4-2-3-5-8(7)10/h2-5,9,11H,6H2,1H3. The zero-order chi connectivity index (χ0) is 8.97. The van der Waals surface area contributed by atoms with Gasteiger partial charge in [-0.1, -0.05) is 18.2 Å². The van der Waals surface area contributed by atoms with Gasteiger partial charge in [-0.05, 0) is 11.6 Å². The first kappa shape index (κ1) is 9.16. The molecule has 0 saturated carbocycles. The Hall–Kier alpha value is -0.930. The van der Waals surface area contributed by atoms with Crippen LogP contribution in [-0.2, 0) is 11.2 Å². The molecule has 0 amide bonds. The molecule has 2 nitrogen and oxygen atoms in total. The largest absolute Gasteiger partial charge is 0.368 e. The van der Waals surface area contributed by atoms with Crippen molar-refractivity contribution >= 4 is 0 Å². The van der Waals surface area contributed by atoms with Crippen LogP contribution in [0.5, 0.6) is 0 Å². The first-order chi connectivity index (χ1) is 5.74. The summed E-state index contributed by atoms with van der Waals surface area (Å²) in [6.07, 6.45) is -0.745. The van der Waals surface area contributed by atoms with Crippen molar-refractivity contribution in [1.29, 1.82) is 0 Å². The molecule has 1 atom stereocenters. The number of ether oxygens (including phenoxy) is 1. The molecule has 1 N–H and O–H groups in total. The van der Waals surface area contributed by atoms with Crippen molar-refractivity contribution in [3.63, 3.8) is 0 Å². The molecule has 1 aromatic carbocycles. The monoisotopic (exact) mass is 170 g/mol. The van der Waals surface area contributed by atoms with Crippen LogP contribution in [-0.4, -0.2) is 18.5 Å². The maximum absolute atomic E-state index is 12.9. The van der Waals surface area contributed by atoms with E-state index in [-0.39, 0.29) is 12.2 Å². The number of halogens is 1. The Kier molecular flexibility index (Phi) is 3.19. The third-order valence-electron chi connectivity index (χ3n) is 1.62. The lowest BCUT2D eigenvalue weighted by molar-refractivity contribution is -0.0724. The van der Waals surface area contributed by atoms with Crippen LogP contribution in [0.15, 0.2) is 24.3 Å². The minimum absolute atomic E-state index is 0.184. The van der Waals surface area contributed by atoms with E-state index in [1.165, 1.54) is 13.2 Å². The van der Waals surface area contributed by atoms with Crippen molar-refractivity contribution in [3.05, 3.63) is 35.6 Å². The fourth-order valence-electron chi connectivity index (χ4n) is 0.935. The molecular formula is C9H11FO2. The molecular weight excluding hydrogens is 159 g/mol. The van der Waals surface area contributed by atoms with Crippen molar-refractivity contribution in [1.82, 2.24) is 0 Å². The van der Waals surface area contributed by atoms with Gasteiger partial charge in [0.1, 0.15) is 5.82 Å². The summed E-state index contributed by atoms with van der Waals surface area (Å²) in [7, 11) is 1.38. The predicted octanol–water partition coefficient (Wildman–Crippen LogP) is 1.33. The zero-order valence-electron chi connectivity index (χ0n) is 6.83. The van der Waals surface area contributed by atoms with Crippen LogP contribution in [0.1, 0.15) is 5.56 Å². The molecule has 0 heterocycles. The van der Waals surface area contributed by atoms with Gasteiger partial charge in [0.25, 0.3) is 0 Å². The number of benzene rings is 1. The second-order valence-corrected chi connectivity index (χ2v) is 2.49. The van der Waals surface area contributed by atoms with E-state index in [0.717, 1.165) is 0 Å². The Bertz CT molecular complexity index is 250. The summed E-state index contributed by atoms with van der Waals surface area (Å²) in [5.74, 6) is -0.311. The Morgan fingerprint density at radius 2 is 2.17 bits per heavy atom. The number of methoxy groups -OCH3 is 1. The van der Waals surface area contributed by atoms with Crippen LogP contribution in [0.2, 0.25) is 0 Å².